The van der Waals surface area contributed by atoms with Gasteiger partial charge in [-0.2, -0.15) is 12.1 Å². The molecule has 0 spiro atoms. The molecule has 0 aromatic heterocycles. The third-order valence-corrected chi connectivity index (χ3v) is 3.25. The summed E-state index contributed by atoms with van der Waals surface area (Å²) in [6.07, 6.45) is 0.248. The Hall–Kier alpha value is -1.60. The van der Waals surface area contributed by atoms with E-state index in [1.54, 1.807) is 18.2 Å². The Morgan fingerprint density at radius 2 is 2.05 bits per heavy atom. The van der Waals surface area contributed by atoms with Crippen LogP contribution < -0.4 is 5.32 Å². The Bertz CT molecular complexity index is 613. The van der Waals surface area contributed by atoms with Gasteiger partial charge in [0, 0.05) is 33.2 Å². The predicted octanol–water partition coefficient (Wildman–Crippen LogP) is 2.92. The molecule has 0 bridgehead atoms. The van der Waals surface area contributed by atoms with E-state index >= 15 is 0 Å². The monoisotopic (exact) mass is 452 g/mol. The van der Waals surface area contributed by atoms with Gasteiger partial charge in [0.15, 0.2) is 0 Å². The first-order valence-electron chi connectivity index (χ1n) is 6.60. The van der Waals surface area contributed by atoms with Crippen LogP contribution in [0.5, 0.6) is 5.75 Å². The van der Waals surface area contributed by atoms with Crippen molar-refractivity contribution in [1.82, 2.24) is 5.32 Å². The molecule has 1 unspecified atom stereocenters. The van der Waals surface area contributed by atoms with Gasteiger partial charge in [-0.1, -0.05) is 24.3 Å². The molecule has 0 aliphatic rings. The summed E-state index contributed by atoms with van der Waals surface area (Å²) in [5.74, 6) is -0.00592. The molecule has 0 heterocycles. The van der Waals surface area contributed by atoms with Crippen LogP contribution in [0.1, 0.15) is 29.7 Å². The molecule has 110 valence electrons. The van der Waals surface area contributed by atoms with Crippen molar-refractivity contribution in [3.63, 3.8) is 0 Å². The van der Waals surface area contributed by atoms with Gasteiger partial charge in [0.25, 0.3) is 0 Å². The number of phenolic OH excluding ortho intramolecular Hbond substituents is 1. The number of aromatic hydroxyl groups is 1. The van der Waals surface area contributed by atoms with Crippen molar-refractivity contribution in [3.05, 3.63) is 65.2 Å². The second-order valence-corrected chi connectivity index (χ2v) is 4.90. The van der Waals surface area contributed by atoms with Crippen LogP contribution in [-0.4, -0.2) is 11.0 Å². The van der Waals surface area contributed by atoms with Gasteiger partial charge in [-0.15, -0.1) is 17.7 Å². The number of carbonyl (C=O) groups is 1. The van der Waals surface area contributed by atoms with E-state index in [-0.39, 0.29) is 45.2 Å². The number of amides is 1. The molecule has 4 heteroatoms. The first-order valence-corrected chi connectivity index (χ1v) is 6.60. The minimum Gasteiger partial charge on any atom is -0.534 e. The van der Waals surface area contributed by atoms with Crippen LogP contribution in [0.4, 0.5) is 0 Å². The van der Waals surface area contributed by atoms with Crippen LogP contribution in [0, 0.1) is 13.0 Å². The summed E-state index contributed by atoms with van der Waals surface area (Å²) < 4.78 is 0. The molecule has 0 saturated carbocycles. The summed E-state index contributed by atoms with van der Waals surface area (Å²) in [6, 6.07) is 15.6. The van der Waals surface area contributed by atoms with E-state index in [1.165, 1.54) is 0 Å². The Morgan fingerprint density at radius 3 is 2.71 bits per heavy atom. The number of nitrogens with one attached hydrogen (secondary N) is 1. The Morgan fingerprint density at radius 1 is 1.33 bits per heavy atom. The number of hydrogen-bond acceptors (Lipinski definition) is 2. The number of carbonyl (C=O) groups excluding carboxylic acids is 1. The molecule has 2 rings (SSSR count). The smallest absolute Gasteiger partial charge is 0.222 e. The van der Waals surface area contributed by atoms with Gasteiger partial charge >= 0.3 is 0 Å². The molecule has 0 saturated heterocycles. The molecule has 0 radical (unpaired) electrons. The van der Waals surface area contributed by atoms with Crippen molar-refractivity contribution in [3.8, 4) is 5.75 Å². The number of rotatable bonds is 4. The van der Waals surface area contributed by atoms with Gasteiger partial charge in [0.1, 0.15) is 0 Å². The van der Waals surface area contributed by atoms with Gasteiger partial charge in [-0.3, -0.25) is 4.79 Å². The van der Waals surface area contributed by atoms with Crippen LogP contribution in [0.3, 0.4) is 0 Å². The molecule has 0 aliphatic heterocycles. The zero-order valence-corrected chi connectivity index (χ0v) is 15.0. The topological polar surface area (TPSA) is 49.3 Å². The molecule has 1 amide bonds. The zero-order chi connectivity index (χ0) is 14.5. The summed E-state index contributed by atoms with van der Waals surface area (Å²) in [6.45, 7) is 4.00. The second-order valence-electron chi connectivity index (χ2n) is 4.90. The second kappa shape index (κ2) is 7.99. The number of phenols is 1. The van der Waals surface area contributed by atoms with Crippen LogP contribution >= 0.6 is 0 Å². The van der Waals surface area contributed by atoms with E-state index in [4.69, 9.17) is 0 Å². The van der Waals surface area contributed by atoms with Crippen molar-refractivity contribution < 1.29 is 31.0 Å². The summed E-state index contributed by atoms with van der Waals surface area (Å²) in [5, 5.41) is 12.3. The minimum atomic E-state index is -0.0636. The quantitative estimate of drug-likeness (QED) is 0.702. The van der Waals surface area contributed by atoms with Gasteiger partial charge in [0.2, 0.25) is 5.91 Å². The number of hydrogen-bond donors (Lipinski definition) is 2. The fraction of sp³-hybridized carbons (Fsp3) is 0.235. The van der Waals surface area contributed by atoms with Gasteiger partial charge < -0.3 is 10.4 Å². The summed E-state index contributed by atoms with van der Waals surface area (Å²) >= 11 is 0. The van der Waals surface area contributed by atoms with E-state index in [1.807, 2.05) is 38.1 Å². The van der Waals surface area contributed by atoms with Gasteiger partial charge in [-0.05, 0) is 25.0 Å². The Balaban J connectivity index is 0.00000220. The van der Waals surface area contributed by atoms with Crippen molar-refractivity contribution >= 4 is 5.91 Å². The van der Waals surface area contributed by atoms with E-state index < -0.39 is 0 Å². The maximum Gasteiger partial charge on any atom is 0.222 e. The third kappa shape index (κ3) is 5.02. The van der Waals surface area contributed by atoms with Crippen molar-refractivity contribution in [2.45, 2.75) is 26.3 Å². The molecule has 2 aromatic carbocycles. The predicted molar refractivity (Wildman–Crippen MR) is 78.4 cm³/mol. The average molecular weight is 452 g/mol. The molecular weight excluding hydrogens is 434 g/mol. The molecule has 2 N–H and O–H groups in total. The Kier molecular flexibility index (Phi) is 6.64. The normalized spacial score (nSPS) is 11.3. The van der Waals surface area contributed by atoms with Crippen molar-refractivity contribution in [2.75, 3.05) is 0 Å². The maximum atomic E-state index is 12.0. The number of aryl methyl sites for hydroxylation is 1. The van der Waals surface area contributed by atoms with Crippen LogP contribution in [0.15, 0.2) is 42.5 Å². The zero-order valence-electron chi connectivity index (χ0n) is 12.1. The molecule has 21 heavy (non-hydrogen) atoms. The molecule has 3 nitrogen and oxygen atoms in total. The molecule has 0 aliphatic carbocycles. The third-order valence-electron chi connectivity index (χ3n) is 3.25. The van der Waals surface area contributed by atoms with E-state index in [9.17, 15) is 9.90 Å². The first kappa shape index (κ1) is 17.4. The largest absolute Gasteiger partial charge is 0.534 e. The van der Waals surface area contributed by atoms with Crippen LogP contribution in [0.2, 0.25) is 0 Å². The van der Waals surface area contributed by atoms with Gasteiger partial charge in [0.05, 0.1) is 6.04 Å². The van der Waals surface area contributed by atoms with E-state index in [0.29, 0.717) is 0 Å². The molecular formula is C17H18NO2W-. The van der Waals surface area contributed by atoms with Crippen LogP contribution in [-0.2, 0) is 32.3 Å². The number of benzene rings is 2. The Labute approximate surface area is 139 Å². The SMILES string of the molecule is Cc1ccccc1C(C)NC(=O)Cc1cc[c-]c(O)c1.[W]. The summed E-state index contributed by atoms with van der Waals surface area (Å²) in [4.78, 5) is 12.0. The summed E-state index contributed by atoms with van der Waals surface area (Å²) in [7, 11) is 0. The first-order chi connectivity index (χ1) is 9.56. The molecule has 1 atom stereocenters. The minimum absolute atomic E-state index is 0. The van der Waals surface area contributed by atoms with Crippen LogP contribution in [0.25, 0.3) is 0 Å². The van der Waals surface area contributed by atoms with E-state index in [0.717, 1.165) is 16.7 Å². The van der Waals surface area contributed by atoms with Crippen molar-refractivity contribution in [2.24, 2.45) is 0 Å². The van der Waals surface area contributed by atoms with Gasteiger partial charge in [-0.25, -0.2) is 0 Å². The van der Waals surface area contributed by atoms with Crippen molar-refractivity contribution in [1.29, 1.82) is 0 Å². The molecule has 0 fully saturated rings. The average Bonchev–Trinajstić information content (AvgIpc) is 2.38. The molecule has 2 aromatic rings. The standard InChI is InChI=1S/C17H18NO2.W/c1-12-6-3-4-9-16(12)13(2)18-17(20)11-14-7-5-8-15(19)10-14;/h3-7,9-10,13,19H,11H2,1-2H3,(H,18,20);/q-1;. The summed E-state index contributed by atoms with van der Waals surface area (Å²) in [5.41, 5.74) is 3.05. The fourth-order valence-corrected chi connectivity index (χ4v) is 2.24. The fourth-order valence-electron chi connectivity index (χ4n) is 2.24. The van der Waals surface area contributed by atoms with E-state index in [2.05, 4.69) is 11.4 Å². The maximum absolute atomic E-state index is 12.0.